The molecule has 156 valence electrons. The van der Waals surface area contributed by atoms with Gasteiger partial charge in [0.05, 0.1) is 20.8 Å². The van der Waals surface area contributed by atoms with Gasteiger partial charge in [-0.15, -0.1) is 0 Å². The molecule has 0 aliphatic carbocycles. The fraction of sp³-hybridized carbons (Fsp3) is 0.167. The highest BCUT2D eigenvalue weighted by atomic mass is 16.5. The number of hydrogen-bond acceptors (Lipinski definition) is 6. The van der Waals surface area contributed by atoms with Crippen LogP contribution in [0.2, 0.25) is 0 Å². The lowest BCUT2D eigenvalue weighted by molar-refractivity contribution is -0.136. The molecule has 0 unspecified atom stereocenters. The highest BCUT2D eigenvalue weighted by Crippen LogP contribution is 2.26. The van der Waals surface area contributed by atoms with E-state index >= 15 is 0 Å². The van der Waals surface area contributed by atoms with Crippen molar-refractivity contribution in [2.45, 2.75) is 6.92 Å². The summed E-state index contributed by atoms with van der Waals surface area (Å²) in [4.78, 5) is 28.4. The standard InChI is InChI=1S/C24H21N3O4/c1-5-27(20-10-6-17(7-11-20)14-19(16-25)23(28)30-3)21-12-8-18(9-13-21)15-22(26-2)24(29)31-4/h6-15H,5H2,1,3-4H3. The van der Waals surface area contributed by atoms with Crippen LogP contribution in [-0.2, 0) is 19.1 Å². The molecular weight excluding hydrogens is 394 g/mol. The molecule has 2 aromatic rings. The maximum atomic E-state index is 11.6. The van der Waals surface area contributed by atoms with E-state index in [1.165, 1.54) is 26.4 Å². The SMILES string of the molecule is [C-]#[N+]C(=Cc1ccc(N(CC)c2ccc(C=C(C#N)C(=O)OC)cc2)cc1)C(=O)OC. The molecule has 0 bridgehead atoms. The predicted octanol–water partition coefficient (Wildman–Crippen LogP) is 4.36. The van der Waals surface area contributed by atoms with Crippen LogP contribution in [0.5, 0.6) is 0 Å². The second-order valence-corrected chi connectivity index (χ2v) is 6.22. The van der Waals surface area contributed by atoms with Gasteiger partial charge >= 0.3 is 11.9 Å². The normalized spacial score (nSPS) is 11.1. The minimum Gasteiger partial charge on any atom is -0.474 e. The fourth-order valence-corrected chi connectivity index (χ4v) is 2.83. The van der Waals surface area contributed by atoms with E-state index in [4.69, 9.17) is 11.8 Å². The Hall–Kier alpha value is -4.36. The summed E-state index contributed by atoms with van der Waals surface area (Å²) in [6.07, 6.45) is 2.96. The van der Waals surface area contributed by atoms with Gasteiger partial charge in [-0.3, -0.25) is 4.79 Å². The van der Waals surface area contributed by atoms with Crippen LogP contribution in [0.15, 0.2) is 59.8 Å². The number of methoxy groups -OCH3 is 2. The lowest BCUT2D eigenvalue weighted by atomic mass is 10.1. The Labute approximate surface area is 181 Å². The molecule has 7 heteroatoms. The first-order chi connectivity index (χ1) is 15.0. The molecule has 0 aliphatic rings. The van der Waals surface area contributed by atoms with Crippen LogP contribution in [0.4, 0.5) is 11.4 Å². The molecular formula is C24H21N3O4. The highest BCUT2D eigenvalue weighted by molar-refractivity contribution is 5.98. The first kappa shape index (κ1) is 22.9. The van der Waals surface area contributed by atoms with Crippen LogP contribution in [-0.4, -0.2) is 32.7 Å². The fourth-order valence-electron chi connectivity index (χ4n) is 2.83. The summed E-state index contributed by atoms with van der Waals surface area (Å²) in [5.74, 6) is -1.35. The van der Waals surface area contributed by atoms with Crippen LogP contribution < -0.4 is 4.90 Å². The van der Waals surface area contributed by atoms with Gasteiger partial charge in [-0.25, -0.2) is 9.64 Å². The second-order valence-electron chi connectivity index (χ2n) is 6.22. The number of carbonyl (C=O) groups excluding carboxylic acids is 2. The van der Waals surface area contributed by atoms with E-state index in [9.17, 15) is 9.59 Å². The quantitative estimate of drug-likeness (QED) is 0.289. The van der Waals surface area contributed by atoms with Gasteiger partial charge in [0.25, 0.3) is 5.70 Å². The number of nitrogens with zero attached hydrogens (tertiary/aromatic N) is 3. The Kier molecular flexibility index (Phi) is 8.13. The van der Waals surface area contributed by atoms with E-state index in [0.717, 1.165) is 11.4 Å². The summed E-state index contributed by atoms with van der Waals surface area (Å²) in [5.41, 5.74) is 3.11. The molecule has 0 heterocycles. The summed E-state index contributed by atoms with van der Waals surface area (Å²) in [7, 11) is 2.47. The van der Waals surface area contributed by atoms with Gasteiger partial charge in [0, 0.05) is 17.9 Å². The molecule has 0 fully saturated rings. The molecule has 0 amide bonds. The van der Waals surface area contributed by atoms with Crippen LogP contribution in [0.1, 0.15) is 18.1 Å². The lowest BCUT2D eigenvalue weighted by Crippen LogP contribution is -2.15. The number of rotatable bonds is 7. The first-order valence-corrected chi connectivity index (χ1v) is 9.32. The number of esters is 2. The third-order valence-electron chi connectivity index (χ3n) is 4.38. The van der Waals surface area contributed by atoms with Gasteiger partial charge in [-0.1, -0.05) is 24.3 Å². The number of nitriles is 1. The zero-order valence-corrected chi connectivity index (χ0v) is 17.5. The number of anilines is 2. The van der Waals surface area contributed by atoms with Crippen molar-refractivity contribution in [3.63, 3.8) is 0 Å². The van der Waals surface area contributed by atoms with Crippen LogP contribution in [0.25, 0.3) is 17.0 Å². The van der Waals surface area contributed by atoms with E-state index in [1.54, 1.807) is 0 Å². The lowest BCUT2D eigenvalue weighted by Gasteiger charge is -2.23. The minimum atomic E-state index is -0.676. The van der Waals surface area contributed by atoms with E-state index in [2.05, 4.69) is 19.2 Å². The summed E-state index contributed by atoms with van der Waals surface area (Å²) < 4.78 is 9.19. The van der Waals surface area contributed by atoms with Crippen LogP contribution >= 0.6 is 0 Å². The molecule has 0 saturated heterocycles. The average Bonchev–Trinajstić information content (AvgIpc) is 2.82. The zero-order valence-electron chi connectivity index (χ0n) is 17.5. The summed E-state index contributed by atoms with van der Waals surface area (Å²) in [5, 5.41) is 9.08. The molecule has 0 saturated carbocycles. The summed E-state index contributed by atoms with van der Waals surface area (Å²) in [6.45, 7) is 9.82. The Morgan fingerprint density at radius 3 is 1.84 bits per heavy atom. The molecule has 0 spiro atoms. The van der Waals surface area contributed by atoms with Crippen molar-refractivity contribution < 1.29 is 19.1 Å². The topological polar surface area (TPSA) is 84.0 Å². The molecule has 0 aliphatic heterocycles. The Morgan fingerprint density at radius 1 is 0.968 bits per heavy atom. The largest absolute Gasteiger partial charge is 0.474 e. The molecule has 0 radical (unpaired) electrons. The van der Waals surface area contributed by atoms with Crippen molar-refractivity contribution in [1.29, 1.82) is 5.26 Å². The second kappa shape index (κ2) is 11.0. The molecule has 2 aromatic carbocycles. The van der Waals surface area contributed by atoms with Crippen LogP contribution in [0, 0.1) is 17.9 Å². The van der Waals surface area contributed by atoms with E-state index in [0.29, 0.717) is 17.7 Å². The van der Waals surface area contributed by atoms with Crippen molar-refractivity contribution in [2.24, 2.45) is 0 Å². The van der Waals surface area contributed by atoms with Gasteiger partial charge in [0.15, 0.2) is 0 Å². The van der Waals surface area contributed by atoms with Gasteiger partial charge < -0.3 is 14.4 Å². The molecule has 0 aromatic heterocycles. The van der Waals surface area contributed by atoms with E-state index < -0.39 is 11.9 Å². The molecule has 0 atom stereocenters. The highest BCUT2D eigenvalue weighted by Gasteiger charge is 2.11. The van der Waals surface area contributed by atoms with Gasteiger partial charge in [0.2, 0.25) is 0 Å². The number of benzene rings is 2. The first-order valence-electron chi connectivity index (χ1n) is 9.32. The predicted molar refractivity (Wildman–Crippen MR) is 118 cm³/mol. The number of carbonyl (C=O) groups is 2. The Morgan fingerprint density at radius 2 is 1.45 bits per heavy atom. The minimum absolute atomic E-state index is 0.0722. The summed E-state index contributed by atoms with van der Waals surface area (Å²) >= 11 is 0. The van der Waals surface area contributed by atoms with Crippen molar-refractivity contribution in [3.8, 4) is 6.07 Å². The summed E-state index contributed by atoms with van der Waals surface area (Å²) in [6, 6.07) is 16.7. The van der Waals surface area contributed by atoms with Gasteiger partial charge in [0.1, 0.15) is 11.6 Å². The maximum absolute atomic E-state index is 11.6. The molecule has 0 N–H and O–H groups in total. The Balaban J connectivity index is 2.27. The van der Waals surface area contributed by atoms with Crippen molar-refractivity contribution in [2.75, 3.05) is 25.7 Å². The monoisotopic (exact) mass is 415 g/mol. The molecule has 2 rings (SSSR count). The Bertz CT molecular complexity index is 998. The van der Waals surface area contributed by atoms with Gasteiger partial charge in [-0.05, 0) is 54.5 Å². The number of ether oxygens (including phenoxy) is 2. The smallest absolute Gasteiger partial charge is 0.348 e. The average molecular weight is 415 g/mol. The maximum Gasteiger partial charge on any atom is 0.348 e. The zero-order chi connectivity index (χ0) is 22.8. The number of hydrogen-bond donors (Lipinski definition) is 0. The van der Waals surface area contributed by atoms with Crippen molar-refractivity contribution in [3.05, 3.63) is 82.3 Å². The van der Waals surface area contributed by atoms with Gasteiger partial charge in [-0.2, -0.15) is 5.26 Å². The van der Waals surface area contributed by atoms with Crippen molar-refractivity contribution >= 4 is 35.5 Å². The van der Waals surface area contributed by atoms with E-state index in [1.807, 2.05) is 61.5 Å². The van der Waals surface area contributed by atoms with Crippen LogP contribution in [0.3, 0.4) is 0 Å². The van der Waals surface area contributed by atoms with Crippen molar-refractivity contribution in [1.82, 2.24) is 0 Å². The third kappa shape index (κ3) is 5.81. The van der Waals surface area contributed by atoms with E-state index in [-0.39, 0.29) is 11.3 Å². The molecule has 31 heavy (non-hydrogen) atoms. The molecule has 7 nitrogen and oxygen atoms in total. The third-order valence-corrected chi connectivity index (χ3v) is 4.38.